The summed E-state index contributed by atoms with van der Waals surface area (Å²) in [5.74, 6) is 0.655. The van der Waals surface area contributed by atoms with E-state index in [1.54, 1.807) is 24.7 Å². The van der Waals surface area contributed by atoms with E-state index in [1.807, 2.05) is 31.2 Å². The summed E-state index contributed by atoms with van der Waals surface area (Å²) in [6.07, 6.45) is 7.87. The van der Waals surface area contributed by atoms with Crippen LogP contribution in [-0.4, -0.2) is 25.4 Å². The summed E-state index contributed by atoms with van der Waals surface area (Å²) in [5.41, 5.74) is 2.65. The topological polar surface area (TPSA) is 72.7 Å². The monoisotopic (exact) mass is 321 g/mol. The van der Waals surface area contributed by atoms with Crippen LogP contribution in [0.25, 0.3) is 17.1 Å². The van der Waals surface area contributed by atoms with Crippen molar-refractivity contribution in [2.24, 2.45) is 0 Å². The number of aromatic nitrogens is 4. The summed E-state index contributed by atoms with van der Waals surface area (Å²) in [5, 5.41) is 2.94. The fourth-order valence-electron chi connectivity index (χ4n) is 2.64. The Labute approximate surface area is 140 Å². The molecule has 24 heavy (non-hydrogen) atoms. The number of rotatable bonds is 5. The van der Waals surface area contributed by atoms with E-state index in [9.17, 15) is 4.79 Å². The normalized spacial score (nSPS) is 12.6. The molecular weight excluding hydrogens is 302 g/mol. The maximum atomic E-state index is 12.1. The third-order valence-electron chi connectivity index (χ3n) is 3.73. The van der Waals surface area contributed by atoms with Crippen molar-refractivity contribution < 1.29 is 4.79 Å². The fourth-order valence-corrected chi connectivity index (χ4v) is 2.64. The van der Waals surface area contributed by atoms with Crippen LogP contribution in [0.5, 0.6) is 0 Å². The van der Waals surface area contributed by atoms with Crippen LogP contribution in [0.3, 0.4) is 0 Å². The molecule has 6 heteroatoms. The minimum Gasteiger partial charge on any atom is -0.343 e. The van der Waals surface area contributed by atoms with Gasteiger partial charge in [0.05, 0.1) is 29.0 Å². The zero-order valence-corrected chi connectivity index (χ0v) is 13.7. The predicted octanol–water partition coefficient (Wildman–Crippen LogP) is 2.74. The summed E-state index contributed by atoms with van der Waals surface area (Å²) in [6, 6.07) is 7.78. The number of nitrogens with zero attached hydrogens (tertiary/aromatic N) is 4. The van der Waals surface area contributed by atoms with Crippen LogP contribution in [0.4, 0.5) is 0 Å². The molecule has 1 N–H and O–H groups in total. The highest BCUT2D eigenvalue weighted by atomic mass is 16.1. The molecule has 3 aromatic rings. The largest absolute Gasteiger partial charge is 0.343 e. The number of para-hydroxylation sites is 2. The van der Waals surface area contributed by atoms with Gasteiger partial charge >= 0.3 is 0 Å². The van der Waals surface area contributed by atoms with Gasteiger partial charge in [0.25, 0.3) is 0 Å². The van der Waals surface area contributed by atoms with Crippen LogP contribution in [-0.2, 0) is 11.3 Å². The Morgan fingerprint density at radius 2 is 2.17 bits per heavy atom. The van der Waals surface area contributed by atoms with Gasteiger partial charge in [-0.25, -0.2) is 4.98 Å². The van der Waals surface area contributed by atoms with Crippen molar-refractivity contribution in [1.82, 2.24) is 24.8 Å². The predicted molar refractivity (Wildman–Crippen MR) is 93.0 cm³/mol. The van der Waals surface area contributed by atoms with Gasteiger partial charge < -0.3 is 9.88 Å². The number of amides is 1. The van der Waals surface area contributed by atoms with Crippen LogP contribution in [0.15, 0.2) is 48.9 Å². The zero-order chi connectivity index (χ0) is 16.9. The van der Waals surface area contributed by atoms with E-state index in [2.05, 4.69) is 31.8 Å². The third-order valence-corrected chi connectivity index (χ3v) is 3.73. The molecule has 0 aliphatic heterocycles. The van der Waals surface area contributed by atoms with Crippen molar-refractivity contribution in [3.63, 3.8) is 0 Å². The molecule has 0 saturated carbocycles. The molecule has 6 nitrogen and oxygen atoms in total. The lowest BCUT2D eigenvalue weighted by Crippen LogP contribution is -2.27. The first-order valence-electron chi connectivity index (χ1n) is 7.88. The number of imidazole rings is 1. The minimum atomic E-state index is -0.198. The maximum Gasteiger partial charge on any atom is 0.244 e. The molecule has 0 saturated heterocycles. The van der Waals surface area contributed by atoms with E-state index >= 15 is 0 Å². The quantitative estimate of drug-likeness (QED) is 0.733. The Morgan fingerprint density at radius 1 is 1.33 bits per heavy atom. The number of carbonyl (C=O) groups is 1. The summed E-state index contributed by atoms with van der Waals surface area (Å²) in [6.45, 7) is 4.80. The van der Waals surface area contributed by atoms with Crippen LogP contribution in [0.1, 0.15) is 31.4 Å². The first kappa shape index (κ1) is 15.9. The van der Waals surface area contributed by atoms with Crippen LogP contribution >= 0.6 is 0 Å². The van der Waals surface area contributed by atoms with Gasteiger partial charge in [-0.1, -0.05) is 12.1 Å². The highest BCUT2D eigenvalue weighted by Gasteiger charge is 2.16. The Kier molecular flexibility index (Phi) is 4.65. The Hall–Kier alpha value is -3.02. The second-order valence-corrected chi connectivity index (χ2v) is 5.40. The number of hydrogen-bond donors (Lipinski definition) is 1. The van der Waals surface area contributed by atoms with Gasteiger partial charge in [0.1, 0.15) is 5.82 Å². The number of nitrogens with one attached hydrogen (secondary N) is 1. The van der Waals surface area contributed by atoms with Gasteiger partial charge in [-0.05, 0) is 32.1 Å². The molecule has 0 radical (unpaired) electrons. The molecule has 2 aromatic heterocycles. The Morgan fingerprint density at radius 3 is 2.92 bits per heavy atom. The number of carbonyl (C=O) groups excluding carboxylic acids is 1. The number of aryl methyl sites for hydroxylation is 1. The molecule has 1 atom stereocenters. The zero-order valence-electron chi connectivity index (χ0n) is 13.7. The fraction of sp³-hybridized carbons (Fsp3) is 0.222. The molecule has 0 aliphatic carbocycles. The SMILES string of the molecule is CCn1c(C(C)NC(=O)C=Cc2cnccn2)nc2ccccc21. The van der Waals surface area contributed by atoms with E-state index in [-0.39, 0.29) is 11.9 Å². The van der Waals surface area contributed by atoms with Crippen molar-refractivity contribution in [3.8, 4) is 0 Å². The highest BCUT2D eigenvalue weighted by Crippen LogP contribution is 2.20. The van der Waals surface area contributed by atoms with Crippen molar-refractivity contribution in [2.75, 3.05) is 0 Å². The van der Waals surface area contributed by atoms with Gasteiger partial charge in [0, 0.05) is 25.0 Å². The van der Waals surface area contributed by atoms with Gasteiger partial charge in [0.2, 0.25) is 5.91 Å². The second kappa shape index (κ2) is 7.04. The maximum absolute atomic E-state index is 12.1. The molecule has 1 amide bonds. The molecule has 0 aliphatic rings. The number of benzene rings is 1. The van der Waals surface area contributed by atoms with Gasteiger partial charge in [-0.15, -0.1) is 0 Å². The molecular formula is C18H19N5O. The average Bonchev–Trinajstić information content (AvgIpc) is 2.99. The van der Waals surface area contributed by atoms with Crippen molar-refractivity contribution in [1.29, 1.82) is 0 Å². The van der Waals surface area contributed by atoms with Gasteiger partial charge in [0.15, 0.2) is 0 Å². The van der Waals surface area contributed by atoms with Gasteiger partial charge in [-0.3, -0.25) is 14.8 Å². The van der Waals surface area contributed by atoms with Crippen molar-refractivity contribution >= 4 is 23.0 Å². The smallest absolute Gasteiger partial charge is 0.244 e. The Balaban J connectivity index is 1.76. The van der Waals surface area contributed by atoms with Crippen LogP contribution in [0.2, 0.25) is 0 Å². The number of fused-ring (bicyclic) bond motifs is 1. The van der Waals surface area contributed by atoms with Gasteiger partial charge in [-0.2, -0.15) is 0 Å². The molecule has 0 bridgehead atoms. The Bertz CT molecular complexity index is 870. The molecule has 3 rings (SSSR count). The molecule has 122 valence electrons. The molecule has 1 unspecified atom stereocenters. The summed E-state index contributed by atoms with van der Waals surface area (Å²) in [4.78, 5) is 24.8. The lowest BCUT2D eigenvalue weighted by molar-refractivity contribution is -0.117. The summed E-state index contributed by atoms with van der Waals surface area (Å²) in [7, 11) is 0. The third kappa shape index (κ3) is 3.32. The number of hydrogen-bond acceptors (Lipinski definition) is 4. The first-order chi connectivity index (χ1) is 11.7. The molecule has 1 aromatic carbocycles. The lowest BCUT2D eigenvalue weighted by atomic mass is 10.3. The highest BCUT2D eigenvalue weighted by molar-refractivity contribution is 5.91. The average molecular weight is 321 g/mol. The van der Waals surface area contributed by atoms with Crippen molar-refractivity contribution in [2.45, 2.75) is 26.4 Å². The van der Waals surface area contributed by atoms with E-state index < -0.39 is 0 Å². The minimum absolute atomic E-state index is 0.192. The second-order valence-electron chi connectivity index (χ2n) is 5.40. The first-order valence-corrected chi connectivity index (χ1v) is 7.88. The van der Waals surface area contributed by atoms with E-state index in [1.165, 1.54) is 6.08 Å². The van der Waals surface area contributed by atoms with Crippen LogP contribution < -0.4 is 5.32 Å². The summed E-state index contributed by atoms with van der Waals surface area (Å²) >= 11 is 0. The molecule has 0 spiro atoms. The van der Waals surface area contributed by atoms with Crippen LogP contribution in [0, 0.1) is 0 Å². The van der Waals surface area contributed by atoms with E-state index in [0.717, 1.165) is 23.4 Å². The van der Waals surface area contributed by atoms with E-state index in [4.69, 9.17) is 0 Å². The summed E-state index contributed by atoms with van der Waals surface area (Å²) < 4.78 is 2.12. The lowest BCUT2D eigenvalue weighted by Gasteiger charge is -2.14. The van der Waals surface area contributed by atoms with Crippen molar-refractivity contribution in [3.05, 3.63) is 60.5 Å². The van der Waals surface area contributed by atoms with E-state index in [0.29, 0.717) is 5.69 Å². The standard InChI is InChI=1S/C18H19N5O/c1-3-23-16-7-5-4-6-15(16)22-18(23)13(2)21-17(24)9-8-14-12-19-10-11-20-14/h4-13H,3H2,1-2H3,(H,21,24). The molecule has 2 heterocycles. The molecule has 0 fully saturated rings.